The maximum absolute atomic E-state index is 2.44. The third-order valence-electron chi connectivity index (χ3n) is 10.9. The molecule has 11 aromatic rings. The summed E-state index contributed by atoms with van der Waals surface area (Å²) in [6.45, 7) is 4.40. The Morgan fingerprint density at radius 2 is 0.679 bits per heavy atom. The Morgan fingerprint density at radius 1 is 0.283 bits per heavy atom. The molecule has 250 valence electrons. The summed E-state index contributed by atoms with van der Waals surface area (Å²) in [6.07, 6.45) is 0. The summed E-state index contributed by atoms with van der Waals surface area (Å²) < 4.78 is 2.64. The van der Waals surface area contributed by atoms with Crippen LogP contribution in [0.2, 0.25) is 0 Å². The van der Waals surface area contributed by atoms with E-state index >= 15 is 0 Å². The quantitative estimate of drug-likeness (QED) is 0.158. The summed E-state index contributed by atoms with van der Waals surface area (Å²) in [5, 5.41) is 13.1. The first kappa shape index (κ1) is 31.0. The molecule has 0 fully saturated rings. The predicted molar refractivity (Wildman–Crippen MR) is 236 cm³/mol. The van der Waals surface area contributed by atoms with Gasteiger partial charge < -0.3 is 0 Å². The second-order valence-electron chi connectivity index (χ2n) is 14.0. The zero-order valence-corrected chi connectivity index (χ0v) is 31.7. The van der Waals surface area contributed by atoms with Crippen LogP contribution in [0.1, 0.15) is 9.75 Å². The minimum absolute atomic E-state index is 1.26. The Labute approximate surface area is 319 Å². The first-order valence-electron chi connectivity index (χ1n) is 18.1. The molecule has 0 unspecified atom stereocenters. The summed E-state index contributed by atoms with van der Waals surface area (Å²) in [7, 11) is 0. The van der Waals surface area contributed by atoms with Gasteiger partial charge in [0.1, 0.15) is 0 Å². The Morgan fingerprint density at radius 3 is 1.09 bits per heavy atom. The molecule has 0 aliphatic heterocycles. The fourth-order valence-corrected chi connectivity index (χ4v) is 11.6. The standard InChI is InChI=1S/C50H32S3/c1-29-19-24-44(51-29)49-38-15-7-3-11-34(38)47(35-12-4-8-16-39(35)49)31-22-26-43-42(27-31)33-23-21-32(28-46(33)53-43)48-36-13-5-9-17-40(36)50(45-25-20-30(2)52-45)41-18-10-6-14-37(41)48/h3-28H,1-2H3. The van der Waals surface area contributed by atoms with E-state index in [4.69, 9.17) is 0 Å². The van der Waals surface area contributed by atoms with Gasteiger partial charge in [0.05, 0.1) is 0 Å². The van der Waals surface area contributed by atoms with Crippen LogP contribution < -0.4 is 0 Å². The molecule has 3 heterocycles. The van der Waals surface area contributed by atoms with E-state index in [-0.39, 0.29) is 0 Å². The van der Waals surface area contributed by atoms with E-state index in [0.29, 0.717) is 0 Å². The molecule has 0 spiro atoms. The van der Waals surface area contributed by atoms with Crippen molar-refractivity contribution in [1.29, 1.82) is 0 Å². The highest BCUT2D eigenvalue weighted by Crippen LogP contribution is 2.49. The Balaban J connectivity index is 1.12. The van der Waals surface area contributed by atoms with Crippen molar-refractivity contribution in [3.05, 3.63) is 167 Å². The van der Waals surface area contributed by atoms with Crippen LogP contribution in [0, 0.1) is 13.8 Å². The number of hydrogen-bond acceptors (Lipinski definition) is 3. The molecule has 0 aliphatic carbocycles. The highest BCUT2D eigenvalue weighted by Gasteiger charge is 2.20. The van der Waals surface area contributed by atoms with Crippen LogP contribution in [-0.2, 0) is 0 Å². The molecule has 0 saturated carbocycles. The lowest BCUT2D eigenvalue weighted by Crippen LogP contribution is -1.89. The molecule has 53 heavy (non-hydrogen) atoms. The predicted octanol–water partition coefficient (Wildman–Crippen LogP) is 16.1. The number of thiophene rings is 3. The van der Waals surface area contributed by atoms with Crippen molar-refractivity contribution in [3.63, 3.8) is 0 Å². The van der Waals surface area contributed by atoms with Crippen molar-refractivity contribution in [2.45, 2.75) is 13.8 Å². The average Bonchev–Trinajstić information content (AvgIpc) is 3.93. The molecule has 0 amide bonds. The zero-order chi connectivity index (χ0) is 35.2. The molecule has 3 aromatic heterocycles. The molecule has 0 N–H and O–H groups in total. The summed E-state index contributed by atoms with van der Waals surface area (Å²) in [5.41, 5.74) is 7.83. The van der Waals surface area contributed by atoms with Crippen LogP contribution in [0.5, 0.6) is 0 Å². The lowest BCUT2D eigenvalue weighted by Gasteiger charge is -2.17. The highest BCUT2D eigenvalue weighted by atomic mass is 32.1. The maximum Gasteiger partial charge on any atom is 0.0361 e. The van der Waals surface area contributed by atoms with Crippen LogP contribution in [0.25, 0.3) is 106 Å². The van der Waals surface area contributed by atoms with Gasteiger partial charge in [0.15, 0.2) is 0 Å². The fourth-order valence-electron chi connectivity index (χ4n) is 8.64. The van der Waals surface area contributed by atoms with Gasteiger partial charge in [-0.25, -0.2) is 0 Å². The highest BCUT2D eigenvalue weighted by molar-refractivity contribution is 7.25. The van der Waals surface area contributed by atoms with Crippen molar-refractivity contribution < 1.29 is 0 Å². The van der Waals surface area contributed by atoms with Gasteiger partial charge in [-0.15, -0.1) is 34.0 Å². The summed E-state index contributed by atoms with van der Waals surface area (Å²) in [4.78, 5) is 5.33. The molecule has 3 heteroatoms. The largest absolute Gasteiger partial charge is 0.141 e. The third-order valence-corrected chi connectivity index (χ3v) is 14.1. The normalized spacial score (nSPS) is 12.0. The van der Waals surface area contributed by atoms with E-state index in [2.05, 4.69) is 172 Å². The molecule has 11 rings (SSSR count). The monoisotopic (exact) mass is 728 g/mol. The fraction of sp³-hybridized carbons (Fsp3) is 0.0400. The van der Waals surface area contributed by atoms with Gasteiger partial charge in [0.25, 0.3) is 0 Å². The van der Waals surface area contributed by atoms with E-state index in [1.807, 2.05) is 34.0 Å². The Hall–Kier alpha value is -5.58. The van der Waals surface area contributed by atoms with Crippen molar-refractivity contribution in [1.82, 2.24) is 0 Å². The van der Waals surface area contributed by atoms with Gasteiger partial charge in [-0.3, -0.25) is 0 Å². The van der Waals surface area contributed by atoms with Crippen LogP contribution >= 0.6 is 34.0 Å². The molecule has 0 aliphatic rings. The molecule has 0 saturated heterocycles. The minimum atomic E-state index is 1.26. The van der Waals surface area contributed by atoms with E-state index in [1.54, 1.807) is 0 Å². The number of fused-ring (bicyclic) bond motifs is 7. The smallest absolute Gasteiger partial charge is 0.0361 e. The topological polar surface area (TPSA) is 0 Å². The van der Waals surface area contributed by atoms with Crippen LogP contribution in [-0.4, -0.2) is 0 Å². The first-order chi connectivity index (χ1) is 26.1. The van der Waals surface area contributed by atoms with Gasteiger partial charge in [-0.2, -0.15) is 0 Å². The SMILES string of the molecule is Cc1ccc(-c2c3ccccc3c(-c3ccc4c(c3)sc3ccc(-c5c6ccccc6c(-c6ccc(C)s6)c6ccccc56)cc34)c3ccccc23)s1. The van der Waals surface area contributed by atoms with E-state index < -0.39 is 0 Å². The lowest BCUT2D eigenvalue weighted by molar-refractivity contribution is 1.64. The van der Waals surface area contributed by atoms with E-state index in [1.165, 1.54) is 116 Å². The Bertz CT molecular complexity index is 3140. The van der Waals surface area contributed by atoms with Gasteiger partial charge in [0, 0.05) is 50.8 Å². The number of benzene rings is 8. The van der Waals surface area contributed by atoms with Crippen molar-refractivity contribution in [3.8, 4) is 43.1 Å². The maximum atomic E-state index is 2.44. The summed E-state index contributed by atoms with van der Waals surface area (Å²) in [5.74, 6) is 0. The summed E-state index contributed by atoms with van der Waals surface area (Å²) >= 11 is 5.66. The van der Waals surface area contributed by atoms with Crippen LogP contribution in [0.3, 0.4) is 0 Å². The number of hydrogen-bond donors (Lipinski definition) is 0. The van der Waals surface area contributed by atoms with Crippen LogP contribution in [0.15, 0.2) is 158 Å². The second kappa shape index (κ2) is 12.0. The molecule has 0 bridgehead atoms. The van der Waals surface area contributed by atoms with Gasteiger partial charge >= 0.3 is 0 Å². The van der Waals surface area contributed by atoms with Crippen molar-refractivity contribution >= 4 is 97.3 Å². The minimum Gasteiger partial charge on any atom is -0.141 e. The van der Waals surface area contributed by atoms with Crippen LogP contribution in [0.4, 0.5) is 0 Å². The average molecular weight is 729 g/mol. The van der Waals surface area contributed by atoms with Crippen molar-refractivity contribution in [2.24, 2.45) is 0 Å². The molecular formula is C50H32S3. The third kappa shape index (κ3) is 4.78. The molecule has 8 aromatic carbocycles. The number of rotatable bonds is 4. The molecular weight excluding hydrogens is 697 g/mol. The second-order valence-corrected chi connectivity index (χ2v) is 17.7. The van der Waals surface area contributed by atoms with E-state index in [9.17, 15) is 0 Å². The molecule has 0 radical (unpaired) electrons. The van der Waals surface area contributed by atoms with Gasteiger partial charge in [0.2, 0.25) is 0 Å². The summed E-state index contributed by atoms with van der Waals surface area (Å²) in [6, 6.07) is 59.3. The zero-order valence-electron chi connectivity index (χ0n) is 29.2. The lowest BCUT2D eigenvalue weighted by atomic mass is 9.87. The van der Waals surface area contributed by atoms with E-state index in [0.717, 1.165) is 0 Å². The Kier molecular flexibility index (Phi) is 7.00. The molecule has 0 atom stereocenters. The first-order valence-corrected chi connectivity index (χ1v) is 20.5. The molecule has 0 nitrogen and oxygen atoms in total. The van der Waals surface area contributed by atoms with Gasteiger partial charge in [-0.1, -0.05) is 115 Å². The number of aryl methyl sites for hydroxylation is 2. The van der Waals surface area contributed by atoms with Crippen molar-refractivity contribution in [2.75, 3.05) is 0 Å². The van der Waals surface area contributed by atoms with Gasteiger partial charge in [-0.05, 0) is 122 Å².